The summed E-state index contributed by atoms with van der Waals surface area (Å²) in [6, 6.07) is 6.99. The van der Waals surface area contributed by atoms with Gasteiger partial charge in [0.1, 0.15) is 5.76 Å². The van der Waals surface area contributed by atoms with Crippen LogP contribution in [0.1, 0.15) is 19.0 Å². The molecule has 0 saturated carbocycles. The van der Waals surface area contributed by atoms with Crippen molar-refractivity contribution in [2.45, 2.75) is 13.3 Å². The number of amides is 2. The number of aliphatic hydroxyl groups is 1. The predicted octanol–water partition coefficient (Wildman–Crippen LogP) is 3.83. The van der Waals surface area contributed by atoms with Gasteiger partial charge in [-0.25, -0.2) is 9.78 Å². The Hall–Kier alpha value is -3.68. The third kappa shape index (κ3) is 4.53. The average molecular weight is 378 g/mol. The zero-order valence-corrected chi connectivity index (χ0v) is 15.6. The van der Waals surface area contributed by atoms with E-state index in [1.54, 1.807) is 35.5 Å². The van der Waals surface area contributed by atoms with E-state index >= 15 is 0 Å². The molecule has 3 N–H and O–H groups in total. The van der Waals surface area contributed by atoms with Gasteiger partial charge in [0.05, 0.1) is 29.5 Å². The second-order valence-corrected chi connectivity index (χ2v) is 6.24. The van der Waals surface area contributed by atoms with Crippen LogP contribution in [0, 0.1) is 0 Å². The minimum Gasteiger partial charge on any atom is -0.506 e. The number of anilines is 3. The number of fused-ring (bicyclic) bond motifs is 1. The number of rotatable bonds is 4. The number of nitrogens with one attached hydrogen (secondary N) is 2. The van der Waals surface area contributed by atoms with E-state index in [1.165, 1.54) is 6.20 Å². The van der Waals surface area contributed by atoms with Gasteiger partial charge in [0.15, 0.2) is 5.82 Å². The van der Waals surface area contributed by atoms with Crippen LogP contribution in [0.15, 0.2) is 59.7 Å². The van der Waals surface area contributed by atoms with E-state index in [0.717, 1.165) is 24.2 Å². The SMILES string of the molecule is C=N/C=C(O)\C=C(/C)c1ccc2c(n1)N(C(=O)Nc1cccnc1)CCCN2. The molecule has 0 saturated heterocycles. The Kier molecular flexibility index (Phi) is 6.01. The summed E-state index contributed by atoms with van der Waals surface area (Å²) in [5.74, 6) is 0.517. The Balaban J connectivity index is 1.92. The average Bonchev–Trinajstić information content (AvgIpc) is 2.90. The molecule has 8 heteroatoms. The number of aromatic nitrogens is 2. The molecule has 2 aromatic rings. The molecule has 0 atom stereocenters. The van der Waals surface area contributed by atoms with Crippen LogP contribution in [0.3, 0.4) is 0 Å². The van der Waals surface area contributed by atoms with E-state index in [-0.39, 0.29) is 11.8 Å². The molecule has 3 rings (SSSR count). The maximum atomic E-state index is 12.9. The van der Waals surface area contributed by atoms with Crippen LogP contribution < -0.4 is 15.5 Å². The van der Waals surface area contributed by atoms with Crippen LogP contribution in [-0.4, -0.2) is 40.9 Å². The van der Waals surface area contributed by atoms with E-state index in [2.05, 4.69) is 32.3 Å². The number of aliphatic hydroxyl groups excluding tert-OH is 1. The van der Waals surface area contributed by atoms with Gasteiger partial charge in [-0.05, 0) is 56.0 Å². The summed E-state index contributed by atoms with van der Waals surface area (Å²) in [5, 5.41) is 16.0. The topological polar surface area (TPSA) is 103 Å². The van der Waals surface area contributed by atoms with Crippen LogP contribution in [0.4, 0.5) is 22.0 Å². The molecule has 3 heterocycles. The number of aliphatic imine (C=N–C) groups is 1. The second kappa shape index (κ2) is 8.81. The van der Waals surface area contributed by atoms with Crippen molar-refractivity contribution in [3.63, 3.8) is 0 Å². The van der Waals surface area contributed by atoms with E-state index < -0.39 is 0 Å². The van der Waals surface area contributed by atoms with E-state index in [9.17, 15) is 9.90 Å². The monoisotopic (exact) mass is 378 g/mol. The first kappa shape index (κ1) is 19.1. The molecule has 1 aliphatic rings. The Labute approximate surface area is 163 Å². The van der Waals surface area contributed by atoms with E-state index in [1.807, 2.05) is 19.1 Å². The zero-order valence-electron chi connectivity index (χ0n) is 15.6. The van der Waals surface area contributed by atoms with Gasteiger partial charge in [-0.1, -0.05) is 0 Å². The van der Waals surface area contributed by atoms with Crippen molar-refractivity contribution in [1.29, 1.82) is 0 Å². The molecule has 0 radical (unpaired) electrons. The number of nitrogens with zero attached hydrogens (tertiary/aromatic N) is 4. The second-order valence-electron chi connectivity index (χ2n) is 6.24. The number of carbonyl (C=O) groups excluding carboxylic acids is 1. The van der Waals surface area contributed by atoms with Gasteiger partial charge in [-0.2, -0.15) is 0 Å². The summed E-state index contributed by atoms with van der Waals surface area (Å²) in [5.41, 5.74) is 2.77. The number of allylic oxidation sites excluding steroid dienone is 2. The van der Waals surface area contributed by atoms with Crippen LogP contribution in [0.2, 0.25) is 0 Å². The predicted molar refractivity (Wildman–Crippen MR) is 112 cm³/mol. The van der Waals surface area contributed by atoms with Gasteiger partial charge in [-0.15, -0.1) is 0 Å². The molecular weight excluding hydrogens is 356 g/mol. The quantitative estimate of drug-likeness (QED) is 0.426. The fourth-order valence-corrected chi connectivity index (χ4v) is 2.83. The maximum absolute atomic E-state index is 12.9. The Morgan fingerprint density at radius 3 is 3.04 bits per heavy atom. The van der Waals surface area contributed by atoms with Crippen LogP contribution in [0.5, 0.6) is 0 Å². The highest BCUT2D eigenvalue weighted by molar-refractivity contribution is 6.03. The third-order valence-electron chi connectivity index (χ3n) is 4.15. The molecule has 8 nitrogen and oxygen atoms in total. The largest absolute Gasteiger partial charge is 0.506 e. The first-order valence-electron chi connectivity index (χ1n) is 8.85. The van der Waals surface area contributed by atoms with E-state index in [4.69, 9.17) is 0 Å². The minimum absolute atomic E-state index is 0.0199. The zero-order chi connectivity index (χ0) is 19.9. The van der Waals surface area contributed by atoms with Gasteiger partial charge in [0, 0.05) is 19.3 Å². The first-order chi connectivity index (χ1) is 13.6. The number of urea groups is 1. The normalized spacial score (nSPS) is 14.5. The molecule has 1 aliphatic heterocycles. The number of hydrogen-bond donors (Lipinski definition) is 3. The molecule has 0 aliphatic carbocycles. The van der Waals surface area contributed by atoms with Crippen molar-refractivity contribution in [3.8, 4) is 0 Å². The number of hydrogen-bond acceptors (Lipinski definition) is 6. The summed E-state index contributed by atoms with van der Waals surface area (Å²) in [7, 11) is 0. The fourth-order valence-electron chi connectivity index (χ4n) is 2.83. The highest BCUT2D eigenvalue weighted by Gasteiger charge is 2.23. The van der Waals surface area contributed by atoms with Gasteiger partial charge in [0.2, 0.25) is 0 Å². The number of pyridine rings is 2. The molecular formula is C20H22N6O2. The van der Waals surface area contributed by atoms with Crippen molar-refractivity contribution in [2.24, 2.45) is 4.99 Å². The van der Waals surface area contributed by atoms with Crippen molar-refractivity contribution < 1.29 is 9.90 Å². The highest BCUT2D eigenvalue weighted by Crippen LogP contribution is 2.29. The lowest BCUT2D eigenvalue weighted by Crippen LogP contribution is -2.36. The molecule has 28 heavy (non-hydrogen) atoms. The molecule has 144 valence electrons. The lowest BCUT2D eigenvalue weighted by Gasteiger charge is -2.22. The highest BCUT2D eigenvalue weighted by atomic mass is 16.3. The van der Waals surface area contributed by atoms with Crippen LogP contribution in [-0.2, 0) is 0 Å². The minimum atomic E-state index is -0.275. The molecule has 0 spiro atoms. The molecule has 2 aromatic heterocycles. The summed E-state index contributed by atoms with van der Waals surface area (Å²) in [4.78, 5) is 26.7. The maximum Gasteiger partial charge on any atom is 0.327 e. The van der Waals surface area contributed by atoms with Gasteiger partial charge in [0.25, 0.3) is 0 Å². The Morgan fingerprint density at radius 1 is 1.43 bits per heavy atom. The van der Waals surface area contributed by atoms with Gasteiger partial charge in [-0.3, -0.25) is 14.9 Å². The Bertz CT molecular complexity index is 924. The van der Waals surface area contributed by atoms with Crippen LogP contribution >= 0.6 is 0 Å². The lowest BCUT2D eigenvalue weighted by atomic mass is 10.1. The summed E-state index contributed by atoms with van der Waals surface area (Å²) in [6.45, 7) is 6.41. The molecule has 0 aromatic carbocycles. The fraction of sp³-hybridized carbons (Fsp3) is 0.200. The first-order valence-corrected chi connectivity index (χ1v) is 8.85. The number of carbonyl (C=O) groups is 1. The molecule has 0 fully saturated rings. The van der Waals surface area contributed by atoms with Crippen molar-refractivity contribution >= 4 is 35.5 Å². The summed E-state index contributed by atoms with van der Waals surface area (Å²) < 4.78 is 0. The summed E-state index contributed by atoms with van der Waals surface area (Å²) >= 11 is 0. The summed E-state index contributed by atoms with van der Waals surface area (Å²) in [6.07, 6.45) is 6.83. The van der Waals surface area contributed by atoms with E-state index in [0.29, 0.717) is 23.7 Å². The Morgan fingerprint density at radius 2 is 2.29 bits per heavy atom. The van der Waals surface area contributed by atoms with Crippen molar-refractivity contribution in [2.75, 3.05) is 28.6 Å². The van der Waals surface area contributed by atoms with Crippen LogP contribution in [0.25, 0.3) is 5.57 Å². The standard InChI is InChI=1S/C20H22N6O2/c1-14(11-16(27)13-21-2)17-6-7-18-19(25-17)26(10-4-9-23-18)20(28)24-15-5-3-8-22-12-15/h3,5-8,11-13,23,27H,2,4,9-10H2,1H3,(H,24,28)/b14-11+,16-13+. The van der Waals surface area contributed by atoms with Gasteiger partial charge < -0.3 is 15.7 Å². The third-order valence-corrected chi connectivity index (χ3v) is 4.15. The van der Waals surface area contributed by atoms with Crippen molar-refractivity contribution in [3.05, 3.63) is 60.4 Å². The lowest BCUT2D eigenvalue weighted by molar-refractivity contribution is 0.257. The molecule has 0 bridgehead atoms. The van der Waals surface area contributed by atoms with Crippen molar-refractivity contribution in [1.82, 2.24) is 9.97 Å². The van der Waals surface area contributed by atoms with Gasteiger partial charge >= 0.3 is 6.03 Å². The molecule has 0 unspecified atom stereocenters. The molecule has 2 amide bonds. The smallest absolute Gasteiger partial charge is 0.327 e.